The molecule has 0 fully saturated rings. The Morgan fingerprint density at radius 3 is 2.57 bits per heavy atom. The predicted molar refractivity (Wildman–Crippen MR) is 64.7 cm³/mol. The first-order valence-corrected chi connectivity index (χ1v) is 8.43. The first kappa shape index (κ1) is 9.40. The molecule has 0 spiro atoms. The van der Waals surface area contributed by atoms with Gasteiger partial charge in [0.15, 0.2) is 0 Å². The van der Waals surface area contributed by atoms with Crippen molar-refractivity contribution >= 4 is 24.2 Å². The van der Waals surface area contributed by atoms with Gasteiger partial charge in [0.25, 0.3) is 0 Å². The lowest BCUT2D eigenvalue weighted by Crippen LogP contribution is -2.37. The molecule has 0 saturated heterocycles. The monoisotopic (exact) mass is 201 g/mol. The first-order chi connectivity index (χ1) is 6.57. The number of benzene rings is 1. The number of hydrogen-bond donors (Lipinski definition) is 0. The third-order valence-electron chi connectivity index (χ3n) is 2.47. The van der Waals surface area contributed by atoms with Gasteiger partial charge in [-0.25, -0.2) is 0 Å². The van der Waals surface area contributed by atoms with E-state index in [0.29, 0.717) is 0 Å². The van der Waals surface area contributed by atoms with E-state index < -0.39 is 8.07 Å². The summed E-state index contributed by atoms with van der Waals surface area (Å²) >= 11 is 0. The van der Waals surface area contributed by atoms with Crippen LogP contribution in [0.25, 0.3) is 10.9 Å². The molecule has 0 amide bonds. The van der Waals surface area contributed by atoms with Crippen molar-refractivity contribution in [1.82, 2.24) is 4.98 Å². The molecule has 0 saturated carbocycles. The van der Waals surface area contributed by atoms with Gasteiger partial charge in [-0.15, -0.1) is 0 Å². The topological polar surface area (TPSA) is 12.9 Å². The van der Waals surface area contributed by atoms with Gasteiger partial charge in [-0.3, -0.25) is 4.98 Å². The Hall–Kier alpha value is -1.15. The Morgan fingerprint density at radius 1 is 1.07 bits per heavy atom. The fourth-order valence-corrected chi connectivity index (χ4v) is 2.71. The molecular weight excluding hydrogens is 186 g/mol. The van der Waals surface area contributed by atoms with Gasteiger partial charge in [0, 0.05) is 11.6 Å². The van der Waals surface area contributed by atoms with Crippen molar-refractivity contribution in [1.29, 1.82) is 0 Å². The second-order valence-corrected chi connectivity index (χ2v) is 9.74. The second-order valence-electron chi connectivity index (χ2n) is 4.66. The molecule has 0 aliphatic rings. The van der Waals surface area contributed by atoms with Gasteiger partial charge >= 0.3 is 0 Å². The molecule has 1 aromatic carbocycles. The van der Waals surface area contributed by atoms with Crippen molar-refractivity contribution in [3.63, 3.8) is 0 Å². The Kier molecular flexibility index (Phi) is 2.15. The van der Waals surface area contributed by atoms with Crippen LogP contribution in [-0.2, 0) is 0 Å². The van der Waals surface area contributed by atoms with Crippen LogP contribution in [0.5, 0.6) is 0 Å². The highest BCUT2D eigenvalue weighted by atomic mass is 28.3. The minimum Gasteiger partial charge on any atom is -0.256 e. The molecule has 0 radical (unpaired) electrons. The third-order valence-corrected chi connectivity index (χ3v) is 4.51. The number of rotatable bonds is 1. The second kappa shape index (κ2) is 3.21. The zero-order chi connectivity index (χ0) is 10.2. The van der Waals surface area contributed by atoms with E-state index in [0.717, 1.165) is 5.52 Å². The number of pyridine rings is 1. The van der Waals surface area contributed by atoms with Crippen LogP contribution in [-0.4, -0.2) is 13.1 Å². The summed E-state index contributed by atoms with van der Waals surface area (Å²) in [5, 5.41) is 2.76. The Morgan fingerprint density at radius 2 is 1.86 bits per heavy atom. The average molecular weight is 201 g/mol. The zero-order valence-corrected chi connectivity index (χ0v) is 9.91. The van der Waals surface area contributed by atoms with E-state index in [1.54, 1.807) is 0 Å². The van der Waals surface area contributed by atoms with Crippen molar-refractivity contribution < 1.29 is 0 Å². The molecule has 72 valence electrons. The zero-order valence-electron chi connectivity index (χ0n) is 8.91. The number of nitrogens with zero attached hydrogens (tertiary/aromatic N) is 1. The Bertz CT molecular complexity index is 457. The smallest absolute Gasteiger partial charge is 0.0776 e. The highest BCUT2D eigenvalue weighted by Gasteiger charge is 2.16. The van der Waals surface area contributed by atoms with Crippen molar-refractivity contribution in [2.75, 3.05) is 0 Å². The van der Waals surface area contributed by atoms with Crippen molar-refractivity contribution in [3.8, 4) is 0 Å². The van der Waals surface area contributed by atoms with Gasteiger partial charge in [0.2, 0.25) is 0 Å². The predicted octanol–water partition coefficient (Wildman–Crippen LogP) is 2.78. The molecule has 0 unspecified atom stereocenters. The maximum Gasteiger partial charge on any atom is 0.0776 e. The van der Waals surface area contributed by atoms with Gasteiger partial charge in [-0.2, -0.15) is 0 Å². The van der Waals surface area contributed by atoms with E-state index in [2.05, 4.69) is 48.9 Å². The quantitative estimate of drug-likeness (QED) is 0.647. The SMILES string of the molecule is C[Si](C)(C)c1ccc2ncccc2c1. The molecule has 2 rings (SSSR count). The standard InChI is InChI=1S/C12H15NSi/c1-14(2,3)11-6-7-12-10(9-11)5-4-8-13-12/h4-9H,1-3H3. The Labute approximate surface area is 85.8 Å². The average Bonchev–Trinajstić information content (AvgIpc) is 2.16. The van der Waals surface area contributed by atoms with Crippen molar-refractivity contribution in [2.24, 2.45) is 0 Å². The lowest BCUT2D eigenvalue weighted by atomic mass is 10.2. The molecule has 14 heavy (non-hydrogen) atoms. The van der Waals surface area contributed by atoms with E-state index in [1.165, 1.54) is 10.6 Å². The summed E-state index contributed by atoms with van der Waals surface area (Å²) in [7, 11) is -1.18. The summed E-state index contributed by atoms with van der Waals surface area (Å²) in [6.07, 6.45) is 1.84. The summed E-state index contributed by atoms with van der Waals surface area (Å²) < 4.78 is 0. The summed E-state index contributed by atoms with van der Waals surface area (Å²) in [5.41, 5.74) is 1.09. The molecule has 1 nitrogen and oxygen atoms in total. The lowest BCUT2D eigenvalue weighted by Gasteiger charge is -2.16. The van der Waals surface area contributed by atoms with Crippen LogP contribution in [0, 0.1) is 0 Å². The van der Waals surface area contributed by atoms with E-state index >= 15 is 0 Å². The highest BCUT2D eigenvalue weighted by molar-refractivity contribution is 6.88. The van der Waals surface area contributed by atoms with Crippen LogP contribution in [0.1, 0.15) is 0 Å². The largest absolute Gasteiger partial charge is 0.256 e. The highest BCUT2D eigenvalue weighted by Crippen LogP contribution is 2.11. The molecule has 1 heterocycles. The van der Waals surface area contributed by atoms with Crippen LogP contribution in [0.3, 0.4) is 0 Å². The normalized spacial score (nSPS) is 11.9. The molecule has 1 aromatic heterocycles. The maximum absolute atomic E-state index is 4.32. The molecule has 2 aromatic rings. The summed E-state index contributed by atoms with van der Waals surface area (Å²) in [6, 6.07) is 10.8. The van der Waals surface area contributed by atoms with Gasteiger partial charge < -0.3 is 0 Å². The van der Waals surface area contributed by atoms with Crippen LogP contribution >= 0.6 is 0 Å². The third kappa shape index (κ3) is 1.70. The van der Waals surface area contributed by atoms with Crippen molar-refractivity contribution in [3.05, 3.63) is 36.5 Å². The summed E-state index contributed by atoms with van der Waals surface area (Å²) in [6.45, 7) is 7.10. The number of hydrogen-bond acceptors (Lipinski definition) is 1. The molecular formula is C12H15NSi. The van der Waals surface area contributed by atoms with E-state index in [9.17, 15) is 0 Å². The molecule has 0 bridgehead atoms. The van der Waals surface area contributed by atoms with Gasteiger partial charge in [-0.05, 0) is 12.1 Å². The molecule has 0 N–H and O–H groups in total. The van der Waals surface area contributed by atoms with Crippen LogP contribution < -0.4 is 5.19 Å². The molecule has 0 aliphatic heterocycles. The number of aromatic nitrogens is 1. The first-order valence-electron chi connectivity index (χ1n) is 4.93. The number of fused-ring (bicyclic) bond motifs is 1. The minimum absolute atomic E-state index is 1.09. The van der Waals surface area contributed by atoms with E-state index in [1.807, 2.05) is 12.3 Å². The fourth-order valence-electron chi connectivity index (χ4n) is 1.54. The summed E-state index contributed by atoms with van der Waals surface area (Å²) in [4.78, 5) is 4.32. The van der Waals surface area contributed by atoms with Crippen molar-refractivity contribution in [2.45, 2.75) is 19.6 Å². The molecule has 0 aliphatic carbocycles. The maximum atomic E-state index is 4.32. The summed E-state index contributed by atoms with van der Waals surface area (Å²) in [5.74, 6) is 0. The minimum atomic E-state index is -1.18. The van der Waals surface area contributed by atoms with Crippen LogP contribution in [0.2, 0.25) is 19.6 Å². The van der Waals surface area contributed by atoms with E-state index in [4.69, 9.17) is 0 Å². The lowest BCUT2D eigenvalue weighted by molar-refractivity contribution is 1.41. The Balaban J connectivity index is 2.63. The van der Waals surface area contributed by atoms with Crippen LogP contribution in [0.4, 0.5) is 0 Å². The fraction of sp³-hybridized carbons (Fsp3) is 0.250. The van der Waals surface area contributed by atoms with E-state index in [-0.39, 0.29) is 0 Å². The van der Waals surface area contributed by atoms with Gasteiger partial charge in [0.05, 0.1) is 13.6 Å². The molecule has 0 atom stereocenters. The van der Waals surface area contributed by atoms with Crippen LogP contribution in [0.15, 0.2) is 36.5 Å². The molecule has 2 heteroatoms. The van der Waals surface area contributed by atoms with Gasteiger partial charge in [-0.1, -0.05) is 43.0 Å². The van der Waals surface area contributed by atoms with Gasteiger partial charge in [0.1, 0.15) is 0 Å².